The van der Waals surface area contributed by atoms with Gasteiger partial charge >= 0.3 is 21.2 Å². The molecule has 4 aliphatic rings. The summed E-state index contributed by atoms with van der Waals surface area (Å²) in [6.45, 7) is 4.09. The van der Waals surface area contributed by atoms with Crippen LogP contribution in [0.2, 0.25) is 0 Å². The summed E-state index contributed by atoms with van der Waals surface area (Å²) in [5, 5.41) is 97.7. The van der Waals surface area contributed by atoms with Crippen molar-refractivity contribution >= 4 is 131 Å². The fraction of sp³-hybridized carbons (Fsp3) is 0.140. The number of carbonyl (C=O) groups excluding carboxylic acids is 5. The number of phenols is 8. The van der Waals surface area contributed by atoms with Crippen molar-refractivity contribution in [1.82, 2.24) is 9.80 Å². The molecule has 2 aliphatic heterocycles. The predicted octanol–water partition coefficient (Wildman–Crippen LogP) is 9.12. The zero-order chi connectivity index (χ0) is 94.1. The van der Waals surface area contributed by atoms with E-state index in [4.69, 9.17) is 31.1 Å². The van der Waals surface area contributed by atoms with Gasteiger partial charge in [-0.2, -0.15) is 38.8 Å². The number of nitrogen functional groups attached to an aromatic ring is 1. The third-order valence-electron chi connectivity index (χ3n) is 21.5. The first kappa shape index (κ1) is 93.8. The monoisotopic (exact) mass is 1880 g/mol. The molecule has 2 aliphatic carbocycles. The number of imide groups is 2. The molecule has 4 amide bonds. The van der Waals surface area contributed by atoms with Gasteiger partial charge in [-0.05, 0) is 173 Å². The summed E-state index contributed by atoms with van der Waals surface area (Å²) in [7, 11) is -25.6. The number of aromatic hydroxyl groups is 8. The number of hydrogen-bond acceptors (Lipinski definition) is 31. The van der Waals surface area contributed by atoms with E-state index in [1.54, 1.807) is 105 Å². The van der Waals surface area contributed by atoms with Crippen LogP contribution in [-0.4, -0.2) is 177 Å². The van der Waals surface area contributed by atoms with Crippen molar-refractivity contribution < 1.29 is 142 Å². The molecule has 16 bridgehead atoms. The molecule has 668 valence electrons. The number of anilines is 2. The Labute approximate surface area is 735 Å². The molecule has 0 radical (unpaired) electrons. The number of hydrogen-bond donors (Lipinski definition) is 15. The van der Waals surface area contributed by atoms with E-state index < -0.39 is 129 Å². The van der Waals surface area contributed by atoms with Gasteiger partial charge in [0.1, 0.15) is 52.3 Å². The number of carbonyl (C=O) groups is 5. The predicted molar refractivity (Wildman–Crippen MR) is 460 cm³/mol. The third kappa shape index (κ3) is 20.1. The van der Waals surface area contributed by atoms with Gasteiger partial charge in [-0.25, -0.2) is 0 Å². The smallest absolute Gasteiger partial charge is 0.425 e. The van der Waals surface area contributed by atoms with Crippen molar-refractivity contribution in [1.29, 1.82) is 0 Å². The SMILES string of the molecule is CCN1C(=O)c2cccc3c(N/N=C/c4cc5c(O)c(c4)Cc4cc(S(=O)(=O)O)cc(c4O)Cc4cc(S(=O)(=O)O)cc(c4O)Cc4cccc(c4O)C5)ccc(c23)C1=O.CCN1C(=O)c2cccc3c(NN)ccc(c23)C1=O.O=Cc1cc2c(O)c(c1)Cc1cc(S(=O)(=O)O)cc(c1O)Cc1cc(S(=O)(=O)O)cc(c1O)Cc1cccc(c1O)C2.O=S(=O)=O.O=S(=O)=O. The fourth-order valence-electron chi connectivity index (χ4n) is 15.6. The molecule has 129 heavy (non-hydrogen) atoms. The lowest BCUT2D eigenvalue weighted by Crippen LogP contribution is -2.40. The zero-order valence-electron chi connectivity index (χ0n) is 66.9. The highest BCUT2D eigenvalue weighted by molar-refractivity contribution is 7.86. The second kappa shape index (κ2) is 37.3. The molecule has 16 rings (SSSR count). The highest BCUT2D eigenvalue weighted by atomic mass is 32.2. The van der Waals surface area contributed by atoms with Crippen LogP contribution in [0.4, 0.5) is 11.4 Å². The van der Waals surface area contributed by atoms with Crippen LogP contribution < -0.4 is 16.7 Å². The zero-order valence-corrected chi connectivity index (χ0v) is 71.8. The Morgan fingerprint density at radius 1 is 0.341 bits per heavy atom. The lowest BCUT2D eigenvalue weighted by molar-refractivity contribution is 0.0603. The molecule has 0 unspecified atom stereocenters. The maximum Gasteiger partial charge on any atom is 0.425 e. The number of phenolic OH excluding ortho intramolecular Hbond substituents is 8. The topological polar surface area (TPSA) is 636 Å². The molecule has 0 spiro atoms. The maximum atomic E-state index is 13.1. The van der Waals surface area contributed by atoms with Crippen LogP contribution in [0.25, 0.3) is 21.5 Å². The van der Waals surface area contributed by atoms with E-state index in [1.807, 2.05) is 6.07 Å². The minimum atomic E-state index is -4.90. The van der Waals surface area contributed by atoms with E-state index >= 15 is 0 Å². The van der Waals surface area contributed by atoms with Crippen LogP contribution in [0.15, 0.2) is 195 Å². The summed E-state index contributed by atoms with van der Waals surface area (Å²) in [5.41, 5.74) is 10.4. The second-order valence-electron chi connectivity index (χ2n) is 29.4. The minimum absolute atomic E-state index is 0.0154. The van der Waals surface area contributed by atoms with Gasteiger partial charge in [0, 0.05) is 158 Å². The molecule has 2 heterocycles. The number of aldehydes is 1. The van der Waals surface area contributed by atoms with Crippen LogP contribution in [0, 0.1) is 0 Å². The Balaban J connectivity index is 0.000000187. The summed E-state index contributed by atoms with van der Waals surface area (Å²) in [5.74, 6) is 1.36. The van der Waals surface area contributed by atoms with Crippen molar-refractivity contribution in [3.05, 3.63) is 292 Å². The number of hydrazine groups is 1. The van der Waals surface area contributed by atoms with Crippen molar-refractivity contribution in [3.8, 4) is 46.0 Å². The van der Waals surface area contributed by atoms with E-state index in [0.29, 0.717) is 79.3 Å². The van der Waals surface area contributed by atoms with Gasteiger partial charge in [-0.3, -0.25) is 63.3 Å². The Morgan fingerprint density at radius 3 is 0.822 bits per heavy atom. The Morgan fingerprint density at radius 2 is 0.566 bits per heavy atom. The van der Waals surface area contributed by atoms with Gasteiger partial charge in [0.25, 0.3) is 64.1 Å². The molecule has 0 aromatic heterocycles. The Hall–Kier alpha value is -14.4. The fourth-order valence-corrected chi connectivity index (χ4v) is 17.9. The lowest BCUT2D eigenvalue weighted by atomic mass is 9.90. The average molecular weight is 1880 g/mol. The highest BCUT2D eigenvalue weighted by Gasteiger charge is 2.35. The number of fused-ring (bicyclic) bond motifs is 16. The second-order valence-corrected chi connectivity index (χ2v) is 35.9. The number of rotatable bonds is 11. The van der Waals surface area contributed by atoms with Crippen molar-refractivity contribution in [2.45, 2.75) is 84.8 Å². The summed E-state index contributed by atoms with van der Waals surface area (Å²) >= 11 is 0. The van der Waals surface area contributed by atoms with Crippen molar-refractivity contribution in [2.75, 3.05) is 23.9 Å². The number of amides is 4. The largest absolute Gasteiger partial charge is 0.507 e. The summed E-state index contributed by atoms with van der Waals surface area (Å²) in [6.07, 6.45) is -0.186. The lowest BCUT2D eigenvalue weighted by Gasteiger charge is -2.26. The molecule has 37 nitrogen and oxygen atoms in total. The number of nitrogens with one attached hydrogen (secondary N) is 2. The Kier molecular flexibility index (Phi) is 27.1. The van der Waals surface area contributed by atoms with E-state index in [0.717, 1.165) is 53.9 Å². The summed E-state index contributed by atoms with van der Waals surface area (Å²) in [6, 6.07) is 40.5. The minimum Gasteiger partial charge on any atom is -0.507 e. The molecular formula is C86H72N6O31S6. The van der Waals surface area contributed by atoms with Gasteiger partial charge in [0.15, 0.2) is 0 Å². The van der Waals surface area contributed by atoms with Crippen LogP contribution in [0.5, 0.6) is 46.0 Å². The number of para-hydroxylation sites is 2. The molecule has 12 aromatic rings. The maximum absolute atomic E-state index is 13.1. The van der Waals surface area contributed by atoms with Gasteiger partial charge in [-0.15, -0.1) is 25.3 Å². The van der Waals surface area contributed by atoms with E-state index in [2.05, 4.69) is 16.0 Å². The van der Waals surface area contributed by atoms with Gasteiger partial charge in [-0.1, -0.05) is 60.7 Å². The first-order valence-corrected chi connectivity index (χ1v) is 45.7. The van der Waals surface area contributed by atoms with E-state index in [9.17, 15) is 117 Å². The van der Waals surface area contributed by atoms with Crippen molar-refractivity contribution in [2.24, 2.45) is 10.9 Å². The quantitative estimate of drug-likeness (QED) is 0.0143. The van der Waals surface area contributed by atoms with Crippen LogP contribution in [0.1, 0.15) is 160 Å². The third-order valence-corrected chi connectivity index (χ3v) is 24.8. The average Bonchev–Trinajstić information content (AvgIpc) is 0.744. The molecule has 0 saturated carbocycles. The molecule has 43 heteroatoms. The molecule has 0 saturated heterocycles. The number of hydrazone groups is 1. The van der Waals surface area contributed by atoms with Gasteiger partial charge < -0.3 is 46.3 Å². The number of nitrogens with two attached hydrogens (primary N) is 1. The molecular weight excluding hydrogens is 1810 g/mol. The molecule has 0 atom stereocenters. The highest BCUT2D eigenvalue weighted by Crippen LogP contribution is 2.45. The van der Waals surface area contributed by atoms with Gasteiger partial charge in [0.2, 0.25) is 0 Å². The van der Waals surface area contributed by atoms with Crippen LogP contribution >= 0.6 is 0 Å². The molecule has 16 N–H and O–H groups in total. The standard InChI is InChI=1S/C43H35N3O12S2.C29H24O11S2.C14H13N3O2.2O3S/c1-2-46-42(51)34-8-4-7-33-36(10-9-35(37(33)34)43(46)52)45-44-21-22-11-25-13-23-5-3-6-24(38(23)47)14-27-17-31(59(53,54)55)19-29(40(27)49)16-30-20-32(60(56,57)58)18-28(41(30)50)15-26(12-22)39(25)48;30-14-15-4-18-6-16-2-1-3-17(26(16)31)7-20-10-24(41(35,36)37)12-22(28(20)33)9-23-13-25(42(38,39)40)11-21(29(23)34)8-19(5-15)27(18)32;1-2-17-13(18)9-5-3-4-8-11(16-15)7-6-10(12(8)9)14(17)19;2*1-4(2)3/h3-12,17-21,45,47-50H,2,13-16H2,1H3,(H,53,54,55)(H,56,57,58);1-5,10-14,31-34H,6-9H2,(H,35,36,37)(H,38,39,40);3-7,16H,2,15H2,1H3;;/b44-21+;;;;. The summed E-state index contributed by atoms with van der Waals surface area (Å²) < 4.78 is 189. The first-order chi connectivity index (χ1) is 60.7. The molecule has 0 fully saturated rings. The first-order valence-electron chi connectivity index (χ1n) is 37.9. The van der Waals surface area contributed by atoms with E-state index in [1.165, 1.54) is 40.3 Å². The van der Waals surface area contributed by atoms with Crippen LogP contribution in [0.3, 0.4) is 0 Å². The Bertz CT molecular complexity index is 7480. The number of nitrogens with zero attached hydrogens (tertiary/aromatic N) is 3. The van der Waals surface area contributed by atoms with Crippen molar-refractivity contribution in [3.63, 3.8) is 0 Å². The summed E-state index contributed by atoms with van der Waals surface area (Å²) in [4.78, 5) is 62.6. The molecule has 12 aromatic carbocycles. The van der Waals surface area contributed by atoms with Crippen LogP contribution in [-0.2, 0) is 113 Å². The number of benzene rings is 12. The van der Waals surface area contributed by atoms with Gasteiger partial charge in [0.05, 0.1) is 37.2 Å². The van der Waals surface area contributed by atoms with E-state index in [-0.39, 0.29) is 163 Å². The normalized spacial score (nSPS) is 13.4.